The van der Waals surface area contributed by atoms with Crippen LogP contribution in [-0.4, -0.2) is 15.0 Å². The van der Waals surface area contributed by atoms with Crippen LogP contribution in [-0.2, 0) is 10.0 Å². The second kappa shape index (κ2) is 5.71. The summed E-state index contributed by atoms with van der Waals surface area (Å²) in [6.07, 6.45) is 5.10. The van der Waals surface area contributed by atoms with Gasteiger partial charge in [-0.05, 0) is 61.6 Å². The van der Waals surface area contributed by atoms with E-state index in [4.69, 9.17) is 5.73 Å². The van der Waals surface area contributed by atoms with Gasteiger partial charge in [0.1, 0.15) is 0 Å². The van der Waals surface area contributed by atoms with Crippen molar-refractivity contribution in [1.29, 1.82) is 0 Å². The Morgan fingerprint density at radius 1 is 1.33 bits per heavy atom. The Hall–Kier alpha value is -0.910. The molecule has 2 fully saturated rings. The molecule has 2 bridgehead atoms. The lowest BCUT2D eigenvalue weighted by atomic mass is 9.89. The maximum Gasteiger partial charge on any atom is 0.240 e. The largest absolute Gasteiger partial charge is 0.324 e. The highest BCUT2D eigenvalue weighted by Crippen LogP contribution is 2.48. The summed E-state index contributed by atoms with van der Waals surface area (Å²) in [5, 5.41) is 0. The van der Waals surface area contributed by atoms with Crippen LogP contribution in [0.2, 0.25) is 0 Å². The summed E-state index contributed by atoms with van der Waals surface area (Å²) in [5.41, 5.74) is 6.67. The molecule has 3 N–H and O–H groups in total. The molecular weight excluding hydrogens is 284 g/mol. The summed E-state index contributed by atoms with van der Waals surface area (Å²) in [5.74, 6) is 2.09. The van der Waals surface area contributed by atoms with Crippen molar-refractivity contribution in [2.75, 3.05) is 6.54 Å². The smallest absolute Gasteiger partial charge is 0.240 e. The van der Waals surface area contributed by atoms with Gasteiger partial charge in [-0.2, -0.15) is 0 Å². The van der Waals surface area contributed by atoms with Gasteiger partial charge in [0.2, 0.25) is 10.0 Å². The predicted molar refractivity (Wildman–Crippen MR) is 83.2 cm³/mol. The summed E-state index contributed by atoms with van der Waals surface area (Å²) in [6.45, 7) is 2.43. The monoisotopic (exact) mass is 308 g/mol. The molecule has 21 heavy (non-hydrogen) atoms. The molecule has 116 valence electrons. The average Bonchev–Trinajstić information content (AvgIpc) is 3.08. The molecule has 4 atom stereocenters. The van der Waals surface area contributed by atoms with Gasteiger partial charge in [0, 0.05) is 12.6 Å². The van der Waals surface area contributed by atoms with Crippen molar-refractivity contribution in [2.24, 2.45) is 23.5 Å². The highest BCUT2D eigenvalue weighted by Gasteiger charge is 2.39. The zero-order valence-electron chi connectivity index (χ0n) is 12.5. The third-order valence-electron chi connectivity index (χ3n) is 5.11. The fourth-order valence-electron chi connectivity index (χ4n) is 3.89. The Morgan fingerprint density at radius 2 is 2.14 bits per heavy atom. The fraction of sp³-hybridized carbons (Fsp3) is 0.625. The van der Waals surface area contributed by atoms with Gasteiger partial charge in [-0.3, -0.25) is 0 Å². The lowest BCUT2D eigenvalue weighted by molar-refractivity contribution is 0.333. The summed E-state index contributed by atoms with van der Waals surface area (Å²) in [6, 6.07) is 6.76. The highest BCUT2D eigenvalue weighted by atomic mass is 32.2. The van der Waals surface area contributed by atoms with E-state index in [9.17, 15) is 8.42 Å². The van der Waals surface area contributed by atoms with Gasteiger partial charge in [0.25, 0.3) is 0 Å². The van der Waals surface area contributed by atoms with E-state index in [0.29, 0.717) is 17.4 Å². The number of nitrogens with two attached hydrogens (primary N) is 1. The first-order valence-electron chi connectivity index (χ1n) is 7.81. The van der Waals surface area contributed by atoms with Gasteiger partial charge in [-0.15, -0.1) is 0 Å². The van der Waals surface area contributed by atoms with Crippen LogP contribution in [0.15, 0.2) is 29.2 Å². The van der Waals surface area contributed by atoms with Crippen LogP contribution in [0.3, 0.4) is 0 Å². The zero-order valence-corrected chi connectivity index (χ0v) is 13.3. The average molecular weight is 308 g/mol. The highest BCUT2D eigenvalue weighted by molar-refractivity contribution is 7.89. The predicted octanol–water partition coefficient (Wildman–Crippen LogP) is 2.42. The summed E-state index contributed by atoms with van der Waals surface area (Å²) in [4.78, 5) is 0.320. The standard InChI is InChI=1S/C16H24N2O2S/c1-11(17)13-3-2-4-16(9-13)21(19,20)18-10-15-8-12-5-6-14(15)7-12/h2-4,9,11-12,14-15,18H,5-8,10,17H2,1H3. The van der Waals surface area contributed by atoms with E-state index in [1.807, 2.05) is 13.0 Å². The zero-order chi connectivity index (χ0) is 15.0. The molecule has 3 rings (SSSR count). The van der Waals surface area contributed by atoms with Crippen molar-refractivity contribution in [2.45, 2.75) is 43.5 Å². The Balaban J connectivity index is 1.68. The van der Waals surface area contributed by atoms with Crippen LogP contribution in [0.4, 0.5) is 0 Å². The Morgan fingerprint density at radius 3 is 2.76 bits per heavy atom. The van der Waals surface area contributed by atoms with E-state index in [-0.39, 0.29) is 6.04 Å². The minimum Gasteiger partial charge on any atom is -0.324 e. The first kappa shape index (κ1) is 15.0. The minimum absolute atomic E-state index is 0.161. The molecule has 2 aliphatic rings. The topological polar surface area (TPSA) is 72.2 Å². The number of nitrogens with one attached hydrogen (secondary N) is 1. The summed E-state index contributed by atoms with van der Waals surface area (Å²) >= 11 is 0. The van der Waals surface area contributed by atoms with E-state index < -0.39 is 10.0 Å². The summed E-state index contributed by atoms with van der Waals surface area (Å²) in [7, 11) is -3.43. The van der Waals surface area contributed by atoms with E-state index >= 15 is 0 Å². The molecule has 5 heteroatoms. The maximum absolute atomic E-state index is 12.4. The molecule has 0 saturated heterocycles. The third-order valence-corrected chi connectivity index (χ3v) is 6.54. The second-order valence-corrected chi connectivity index (χ2v) is 8.41. The Labute approximate surface area is 127 Å². The number of rotatable bonds is 5. The molecule has 0 aliphatic heterocycles. The van der Waals surface area contributed by atoms with Gasteiger partial charge >= 0.3 is 0 Å². The molecule has 2 aliphatic carbocycles. The van der Waals surface area contributed by atoms with Crippen molar-refractivity contribution in [3.63, 3.8) is 0 Å². The Kier molecular flexibility index (Phi) is 4.08. The molecule has 2 saturated carbocycles. The fourth-order valence-corrected chi connectivity index (χ4v) is 5.04. The SMILES string of the molecule is CC(N)c1cccc(S(=O)(=O)NCC2CC3CCC2C3)c1. The number of fused-ring (bicyclic) bond motifs is 2. The van der Waals surface area contributed by atoms with E-state index in [2.05, 4.69) is 4.72 Å². The van der Waals surface area contributed by atoms with Gasteiger partial charge in [-0.25, -0.2) is 13.1 Å². The number of benzene rings is 1. The summed E-state index contributed by atoms with van der Waals surface area (Å²) < 4.78 is 27.6. The van der Waals surface area contributed by atoms with Gasteiger partial charge < -0.3 is 5.73 Å². The second-order valence-electron chi connectivity index (χ2n) is 6.65. The Bertz CT molecular complexity index is 612. The number of hydrogen-bond donors (Lipinski definition) is 2. The minimum atomic E-state index is -3.43. The first-order valence-corrected chi connectivity index (χ1v) is 9.29. The van der Waals surface area contributed by atoms with Crippen LogP contribution in [0.5, 0.6) is 0 Å². The molecule has 4 nitrogen and oxygen atoms in total. The van der Waals surface area contributed by atoms with Crippen LogP contribution in [0.1, 0.15) is 44.2 Å². The van der Waals surface area contributed by atoms with E-state index in [1.165, 1.54) is 25.7 Å². The first-order chi connectivity index (χ1) is 9.95. The third kappa shape index (κ3) is 3.15. The lowest BCUT2D eigenvalue weighted by Gasteiger charge is -2.21. The van der Waals surface area contributed by atoms with Crippen molar-refractivity contribution in [3.8, 4) is 0 Å². The van der Waals surface area contributed by atoms with Crippen molar-refractivity contribution in [1.82, 2.24) is 4.72 Å². The van der Waals surface area contributed by atoms with Crippen LogP contribution >= 0.6 is 0 Å². The molecule has 0 aromatic heterocycles. The molecule has 0 amide bonds. The number of sulfonamides is 1. The normalized spacial score (nSPS) is 29.7. The van der Waals surface area contributed by atoms with E-state index in [0.717, 1.165) is 17.4 Å². The molecule has 1 aromatic carbocycles. The molecule has 0 heterocycles. The van der Waals surface area contributed by atoms with Crippen molar-refractivity contribution >= 4 is 10.0 Å². The van der Waals surface area contributed by atoms with Crippen LogP contribution in [0, 0.1) is 17.8 Å². The molecule has 0 spiro atoms. The van der Waals surface area contributed by atoms with Gasteiger partial charge in [-0.1, -0.05) is 18.6 Å². The van der Waals surface area contributed by atoms with Crippen LogP contribution < -0.4 is 10.5 Å². The molecule has 4 unspecified atom stereocenters. The number of hydrogen-bond acceptors (Lipinski definition) is 3. The van der Waals surface area contributed by atoms with Gasteiger partial charge in [0.15, 0.2) is 0 Å². The van der Waals surface area contributed by atoms with Crippen molar-refractivity contribution < 1.29 is 8.42 Å². The molecule has 1 aromatic rings. The van der Waals surface area contributed by atoms with Gasteiger partial charge in [0.05, 0.1) is 4.90 Å². The van der Waals surface area contributed by atoms with Crippen LogP contribution in [0.25, 0.3) is 0 Å². The van der Waals surface area contributed by atoms with Crippen molar-refractivity contribution in [3.05, 3.63) is 29.8 Å². The molecule has 0 radical (unpaired) electrons. The maximum atomic E-state index is 12.4. The lowest BCUT2D eigenvalue weighted by Crippen LogP contribution is -2.31. The quantitative estimate of drug-likeness (QED) is 0.877. The van der Waals surface area contributed by atoms with E-state index in [1.54, 1.807) is 18.2 Å². The molecular formula is C16H24N2O2S.